The summed E-state index contributed by atoms with van der Waals surface area (Å²) in [5.41, 5.74) is 7.08. The van der Waals surface area contributed by atoms with Gasteiger partial charge in [-0.15, -0.1) is 0 Å². The number of anilines is 1. The minimum absolute atomic E-state index is 0.177. The Balaban J connectivity index is 2.04. The molecule has 0 amide bonds. The number of hydrogen-bond donors (Lipinski definition) is 2. The molecule has 2 aromatic rings. The lowest BCUT2D eigenvalue weighted by Crippen LogP contribution is -2.31. The number of benzene rings is 1. The van der Waals surface area contributed by atoms with Gasteiger partial charge in [-0.2, -0.15) is 0 Å². The highest BCUT2D eigenvalue weighted by atomic mass is 127. The van der Waals surface area contributed by atoms with Gasteiger partial charge in [-0.3, -0.25) is 0 Å². The van der Waals surface area contributed by atoms with Gasteiger partial charge in [0, 0.05) is 18.8 Å². The first-order valence-corrected chi connectivity index (χ1v) is 6.83. The van der Waals surface area contributed by atoms with E-state index in [1.165, 1.54) is 5.56 Å². The van der Waals surface area contributed by atoms with E-state index in [4.69, 9.17) is 5.73 Å². The van der Waals surface area contributed by atoms with Crippen molar-refractivity contribution >= 4 is 28.4 Å². The molecule has 1 unspecified atom stereocenters. The Morgan fingerprint density at radius 1 is 1.28 bits per heavy atom. The lowest BCUT2D eigenvalue weighted by Gasteiger charge is -2.18. The van der Waals surface area contributed by atoms with Crippen molar-refractivity contribution in [2.75, 3.05) is 11.9 Å². The van der Waals surface area contributed by atoms with E-state index in [0.29, 0.717) is 6.54 Å². The fourth-order valence-corrected chi connectivity index (χ4v) is 2.16. The van der Waals surface area contributed by atoms with Crippen molar-refractivity contribution < 1.29 is 0 Å². The van der Waals surface area contributed by atoms with Crippen molar-refractivity contribution in [2.24, 2.45) is 5.73 Å². The Labute approximate surface area is 120 Å². The number of nitrogens with zero attached hydrogens (tertiary/aromatic N) is 2. The van der Waals surface area contributed by atoms with E-state index in [1.807, 2.05) is 18.2 Å². The third kappa shape index (κ3) is 3.64. The fourth-order valence-electron chi connectivity index (χ4n) is 1.70. The van der Waals surface area contributed by atoms with Crippen LogP contribution in [0.15, 0.2) is 42.9 Å². The predicted octanol–water partition coefficient (Wildman–Crippen LogP) is 2.06. The predicted molar refractivity (Wildman–Crippen MR) is 81.4 cm³/mol. The molecule has 2 rings (SSSR count). The van der Waals surface area contributed by atoms with Crippen molar-refractivity contribution in [3.63, 3.8) is 0 Å². The molecule has 1 atom stereocenters. The molecule has 0 fully saturated rings. The van der Waals surface area contributed by atoms with Crippen LogP contribution in [0, 0.1) is 3.57 Å². The molecule has 0 saturated heterocycles. The second kappa shape index (κ2) is 6.65. The van der Waals surface area contributed by atoms with E-state index >= 15 is 0 Å². The molecule has 94 valence electrons. The third-order valence-electron chi connectivity index (χ3n) is 2.62. The molecule has 0 saturated carbocycles. The van der Waals surface area contributed by atoms with Crippen molar-refractivity contribution in [1.29, 1.82) is 0 Å². The quantitative estimate of drug-likeness (QED) is 0.807. The Morgan fingerprint density at radius 2 is 2.06 bits per heavy atom. The van der Waals surface area contributed by atoms with E-state index in [-0.39, 0.29) is 6.04 Å². The summed E-state index contributed by atoms with van der Waals surface area (Å²) < 4.78 is 1.00. The summed E-state index contributed by atoms with van der Waals surface area (Å²) in [6.07, 6.45) is 4.21. The zero-order chi connectivity index (χ0) is 12.8. The molecule has 0 spiro atoms. The number of aromatic nitrogens is 2. The molecular weight excluding hydrogens is 339 g/mol. The van der Waals surface area contributed by atoms with E-state index < -0.39 is 0 Å². The Bertz CT molecular complexity index is 489. The first-order chi connectivity index (χ1) is 8.79. The van der Waals surface area contributed by atoms with Crippen LogP contribution in [0.25, 0.3) is 0 Å². The van der Waals surface area contributed by atoms with Crippen LogP contribution in [0.5, 0.6) is 0 Å². The van der Waals surface area contributed by atoms with Crippen molar-refractivity contribution in [3.05, 3.63) is 52.0 Å². The second-order valence-electron chi connectivity index (χ2n) is 3.99. The van der Waals surface area contributed by atoms with Crippen molar-refractivity contribution in [2.45, 2.75) is 12.5 Å². The molecular formula is C13H15IN4. The molecule has 0 radical (unpaired) electrons. The minimum Gasteiger partial charge on any atom is -0.365 e. The topological polar surface area (TPSA) is 63.8 Å². The number of nitrogens with one attached hydrogen (secondary N) is 1. The van der Waals surface area contributed by atoms with Gasteiger partial charge in [-0.25, -0.2) is 9.97 Å². The van der Waals surface area contributed by atoms with Crippen LogP contribution >= 0.6 is 22.6 Å². The molecule has 4 nitrogen and oxygen atoms in total. The SMILES string of the molecule is NCC(Cc1ccccc1)Nc1ncncc1I. The summed E-state index contributed by atoms with van der Waals surface area (Å²) >= 11 is 2.21. The summed E-state index contributed by atoms with van der Waals surface area (Å²) in [5, 5.41) is 3.36. The van der Waals surface area contributed by atoms with E-state index in [0.717, 1.165) is 15.8 Å². The number of rotatable bonds is 5. The van der Waals surface area contributed by atoms with Gasteiger partial charge in [0.1, 0.15) is 12.1 Å². The summed E-state index contributed by atoms with van der Waals surface area (Å²) in [5.74, 6) is 0.844. The average molecular weight is 354 g/mol. The maximum Gasteiger partial charge on any atom is 0.143 e. The standard InChI is InChI=1S/C13H15IN4/c14-12-8-16-9-17-13(12)18-11(7-15)6-10-4-2-1-3-5-10/h1-5,8-9,11H,6-7,15H2,(H,16,17,18). The maximum atomic E-state index is 5.81. The molecule has 1 aromatic heterocycles. The van der Waals surface area contributed by atoms with Crippen LogP contribution in [-0.4, -0.2) is 22.6 Å². The molecule has 3 N–H and O–H groups in total. The van der Waals surface area contributed by atoms with Crippen molar-refractivity contribution in [3.8, 4) is 0 Å². The van der Waals surface area contributed by atoms with Gasteiger partial charge in [-0.05, 0) is 34.6 Å². The van der Waals surface area contributed by atoms with Crippen LogP contribution < -0.4 is 11.1 Å². The van der Waals surface area contributed by atoms with Crippen LogP contribution in [0.3, 0.4) is 0 Å². The summed E-state index contributed by atoms with van der Waals surface area (Å²) in [6.45, 7) is 0.564. The maximum absolute atomic E-state index is 5.81. The van der Waals surface area contributed by atoms with Gasteiger partial charge in [-0.1, -0.05) is 30.3 Å². The highest BCUT2D eigenvalue weighted by molar-refractivity contribution is 14.1. The Kier molecular flexibility index (Phi) is 4.89. The summed E-state index contributed by atoms with van der Waals surface area (Å²) in [6, 6.07) is 10.5. The smallest absolute Gasteiger partial charge is 0.143 e. The first kappa shape index (κ1) is 13.2. The van der Waals surface area contributed by atoms with E-state index in [2.05, 4.69) is 50.0 Å². The number of nitrogens with two attached hydrogens (primary N) is 1. The van der Waals surface area contributed by atoms with Gasteiger partial charge in [0.2, 0.25) is 0 Å². The lowest BCUT2D eigenvalue weighted by molar-refractivity contribution is 0.718. The van der Waals surface area contributed by atoms with Crippen LogP contribution in [0.4, 0.5) is 5.82 Å². The summed E-state index contributed by atoms with van der Waals surface area (Å²) in [4.78, 5) is 8.19. The van der Waals surface area contributed by atoms with Crippen LogP contribution in [0.1, 0.15) is 5.56 Å². The molecule has 0 aliphatic heterocycles. The molecule has 18 heavy (non-hydrogen) atoms. The van der Waals surface area contributed by atoms with Crippen LogP contribution in [0.2, 0.25) is 0 Å². The first-order valence-electron chi connectivity index (χ1n) is 5.75. The Morgan fingerprint density at radius 3 is 2.72 bits per heavy atom. The lowest BCUT2D eigenvalue weighted by atomic mass is 10.1. The third-order valence-corrected chi connectivity index (χ3v) is 3.41. The monoisotopic (exact) mass is 354 g/mol. The fraction of sp³-hybridized carbons (Fsp3) is 0.231. The molecule has 0 aliphatic rings. The number of hydrogen-bond acceptors (Lipinski definition) is 4. The largest absolute Gasteiger partial charge is 0.365 e. The van der Waals surface area contributed by atoms with Gasteiger partial charge in [0.15, 0.2) is 0 Å². The minimum atomic E-state index is 0.177. The molecule has 0 aliphatic carbocycles. The van der Waals surface area contributed by atoms with E-state index in [9.17, 15) is 0 Å². The molecule has 0 bridgehead atoms. The Hall–Kier alpha value is -1.21. The molecule has 1 aromatic carbocycles. The van der Waals surface area contributed by atoms with Crippen molar-refractivity contribution in [1.82, 2.24) is 9.97 Å². The normalized spacial score (nSPS) is 12.1. The zero-order valence-electron chi connectivity index (χ0n) is 9.88. The zero-order valence-corrected chi connectivity index (χ0v) is 12.0. The highest BCUT2D eigenvalue weighted by Gasteiger charge is 2.10. The van der Waals surface area contributed by atoms with Gasteiger partial charge in [0.05, 0.1) is 3.57 Å². The highest BCUT2D eigenvalue weighted by Crippen LogP contribution is 2.14. The van der Waals surface area contributed by atoms with Gasteiger partial charge >= 0.3 is 0 Å². The second-order valence-corrected chi connectivity index (χ2v) is 5.15. The summed E-state index contributed by atoms with van der Waals surface area (Å²) in [7, 11) is 0. The van der Waals surface area contributed by atoms with Gasteiger partial charge < -0.3 is 11.1 Å². The van der Waals surface area contributed by atoms with Gasteiger partial charge in [0.25, 0.3) is 0 Å². The molecule has 1 heterocycles. The van der Waals surface area contributed by atoms with E-state index in [1.54, 1.807) is 12.5 Å². The van der Waals surface area contributed by atoms with Crippen LogP contribution in [-0.2, 0) is 6.42 Å². The molecule has 5 heteroatoms. The average Bonchev–Trinajstić information content (AvgIpc) is 2.41. The number of halogens is 1.